The maximum absolute atomic E-state index is 12.0. The first-order valence-corrected chi connectivity index (χ1v) is 7.60. The van der Waals surface area contributed by atoms with Crippen molar-refractivity contribution in [2.24, 2.45) is 5.92 Å². The number of hydrogen-bond donors (Lipinski definition) is 2. The molecule has 0 unspecified atom stereocenters. The number of nitrogens with one attached hydrogen (secondary N) is 2. The number of pyridine rings is 1. The van der Waals surface area contributed by atoms with Crippen LogP contribution in [-0.2, 0) is 0 Å². The summed E-state index contributed by atoms with van der Waals surface area (Å²) in [6.45, 7) is 8.12. The Balaban J connectivity index is 2.43. The standard InChI is InChI=1S/C16H27N3O/c1-4-5-6-8-18-15-10-14(11-17-12-15)16(20)19-9-7-13(2)3/h10-13,18H,4-9H2,1-3H3,(H,19,20). The minimum atomic E-state index is -0.0460. The van der Waals surface area contributed by atoms with Crippen LogP contribution in [0.2, 0.25) is 0 Å². The molecule has 112 valence electrons. The molecule has 0 aliphatic heterocycles. The first kappa shape index (κ1) is 16.5. The van der Waals surface area contributed by atoms with Crippen molar-refractivity contribution in [3.8, 4) is 0 Å². The second-order valence-corrected chi connectivity index (χ2v) is 5.53. The van der Waals surface area contributed by atoms with Crippen LogP contribution in [0, 0.1) is 5.92 Å². The number of nitrogens with zero attached hydrogens (tertiary/aromatic N) is 1. The van der Waals surface area contributed by atoms with Gasteiger partial charge in [0.25, 0.3) is 5.91 Å². The van der Waals surface area contributed by atoms with Crippen molar-refractivity contribution in [2.75, 3.05) is 18.4 Å². The van der Waals surface area contributed by atoms with Gasteiger partial charge in [-0.1, -0.05) is 33.6 Å². The number of carbonyl (C=O) groups is 1. The molecule has 4 nitrogen and oxygen atoms in total. The van der Waals surface area contributed by atoms with E-state index in [9.17, 15) is 4.79 Å². The largest absolute Gasteiger partial charge is 0.384 e. The van der Waals surface area contributed by atoms with Crippen LogP contribution < -0.4 is 10.6 Å². The van der Waals surface area contributed by atoms with Crippen LogP contribution in [0.1, 0.15) is 56.8 Å². The Hall–Kier alpha value is -1.58. The van der Waals surface area contributed by atoms with E-state index in [-0.39, 0.29) is 5.91 Å². The smallest absolute Gasteiger partial charge is 0.252 e. The molecule has 0 bridgehead atoms. The lowest BCUT2D eigenvalue weighted by molar-refractivity contribution is 0.0951. The summed E-state index contributed by atoms with van der Waals surface area (Å²) < 4.78 is 0. The summed E-state index contributed by atoms with van der Waals surface area (Å²) >= 11 is 0. The average Bonchev–Trinajstić information content (AvgIpc) is 2.43. The minimum Gasteiger partial charge on any atom is -0.384 e. The van der Waals surface area contributed by atoms with E-state index in [1.807, 2.05) is 6.07 Å². The molecule has 0 aliphatic carbocycles. The molecule has 1 heterocycles. The van der Waals surface area contributed by atoms with E-state index < -0.39 is 0 Å². The monoisotopic (exact) mass is 277 g/mol. The van der Waals surface area contributed by atoms with E-state index in [1.54, 1.807) is 12.4 Å². The van der Waals surface area contributed by atoms with Gasteiger partial charge in [0, 0.05) is 25.5 Å². The summed E-state index contributed by atoms with van der Waals surface area (Å²) in [6, 6.07) is 1.86. The Morgan fingerprint density at radius 2 is 2.05 bits per heavy atom. The highest BCUT2D eigenvalue weighted by molar-refractivity contribution is 5.94. The first-order chi connectivity index (χ1) is 9.63. The van der Waals surface area contributed by atoms with Crippen LogP contribution in [0.15, 0.2) is 18.5 Å². The van der Waals surface area contributed by atoms with Gasteiger partial charge in [0.1, 0.15) is 0 Å². The van der Waals surface area contributed by atoms with E-state index in [0.29, 0.717) is 18.0 Å². The molecule has 0 radical (unpaired) electrons. The topological polar surface area (TPSA) is 54.0 Å². The number of amides is 1. The van der Waals surface area contributed by atoms with E-state index in [4.69, 9.17) is 0 Å². The highest BCUT2D eigenvalue weighted by atomic mass is 16.1. The quantitative estimate of drug-likeness (QED) is 0.680. The lowest BCUT2D eigenvalue weighted by atomic mass is 10.1. The highest BCUT2D eigenvalue weighted by Gasteiger charge is 2.06. The SMILES string of the molecule is CCCCCNc1cncc(C(=O)NCCC(C)C)c1. The number of unbranched alkanes of at least 4 members (excludes halogenated alkanes) is 2. The Morgan fingerprint density at radius 3 is 2.75 bits per heavy atom. The second kappa shape index (κ2) is 9.34. The van der Waals surface area contributed by atoms with Crippen molar-refractivity contribution < 1.29 is 4.79 Å². The zero-order valence-electron chi connectivity index (χ0n) is 12.9. The van der Waals surface area contributed by atoms with Crippen molar-refractivity contribution in [3.63, 3.8) is 0 Å². The maximum Gasteiger partial charge on any atom is 0.252 e. The molecule has 20 heavy (non-hydrogen) atoms. The number of hydrogen-bond acceptors (Lipinski definition) is 3. The molecule has 0 aromatic carbocycles. The molecule has 1 aromatic heterocycles. The fraction of sp³-hybridized carbons (Fsp3) is 0.625. The highest BCUT2D eigenvalue weighted by Crippen LogP contribution is 2.09. The van der Waals surface area contributed by atoms with Gasteiger partial charge in [-0.2, -0.15) is 0 Å². The second-order valence-electron chi connectivity index (χ2n) is 5.53. The Bertz CT molecular complexity index is 404. The summed E-state index contributed by atoms with van der Waals surface area (Å²) in [7, 11) is 0. The van der Waals surface area contributed by atoms with Gasteiger partial charge in [-0.3, -0.25) is 9.78 Å². The van der Waals surface area contributed by atoms with Gasteiger partial charge in [-0.15, -0.1) is 0 Å². The molecule has 0 saturated carbocycles. The predicted molar refractivity (Wildman–Crippen MR) is 84.0 cm³/mol. The van der Waals surface area contributed by atoms with Gasteiger partial charge in [0.15, 0.2) is 0 Å². The Kier molecular flexibility index (Phi) is 7.70. The van der Waals surface area contributed by atoms with Crippen LogP contribution in [0.25, 0.3) is 0 Å². The van der Waals surface area contributed by atoms with Crippen LogP contribution in [0.4, 0.5) is 5.69 Å². The van der Waals surface area contributed by atoms with Gasteiger partial charge in [-0.05, 0) is 24.8 Å². The summed E-state index contributed by atoms with van der Waals surface area (Å²) in [4.78, 5) is 16.1. The predicted octanol–water partition coefficient (Wildman–Crippen LogP) is 3.46. The summed E-state index contributed by atoms with van der Waals surface area (Å²) in [5.74, 6) is 0.551. The zero-order valence-corrected chi connectivity index (χ0v) is 12.9. The molecule has 0 fully saturated rings. The number of anilines is 1. The average molecular weight is 277 g/mol. The van der Waals surface area contributed by atoms with Crippen molar-refractivity contribution in [1.29, 1.82) is 0 Å². The lowest BCUT2D eigenvalue weighted by Gasteiger charge is -2.09. The Morgan fingerprint density at radius 1 is 1.25 bits per heavy atom. The lowest BCUT2D eigenvalue weighted by Crippen LogP contribution is -2.25. The van der Waals surface area contributed by atoms with E-state index >= 15 is 0 Å². The molecule has 0 aliphatic rings. The van der Waals surface area contributed by atoms with Crippen molar-refractivity contribution >= 4 is 11.6 Å². The molecule has 2 N–H and O–H groups in total. The normalized spacial score (nSPS) is 10.6. The fourth-order valence-corrected chi connectivity index (χ4v) is 1.84. The molecule has 0 saturated heterocycles. The van der Waals surface area contributed by atoms with Gasteiger partial charge >= 0.3 is 0 Å². The molecular weight excluding hydrogens is 250 g/mol. The minimum absolute atomic E-state index is 0.0460. The van der Waals surface area contributed by atoms with Gasteiger partial charge in [-0.25, -0.2) is 0 Å². The Labute approximate surface area is 122 Å². The van der Waals surface area contributed by atoms with Gasteiger partial charge in [0.2, 0.25) is 0 Å². The van der Waals surface area contributed by atoms with Crippen LogP contribution in [0.3, 0.4) is 0 Å². The van der Waals surface area contributed by atoms with Gasteiger partial charge in [0.05, 0.1) is 11.3 Å². The van der Waals surface area contributed by atoms with Crippen molar-refractivity contribution in [1.82, 2.24) is 10.3 Å². The van der Waals surface area contributed by atoms with Gasteiger partial charge < -0.3 is 10.6 Å². The first-order valence-electron chi connectivity index (χ1n) is 7.60. The molecule has 1 amide bonds. The molecule has 1 aromatic rings. The number of aromatic nitrogens is 1. The number of carbonyl (C=O) groups excluding carboxylic acids is 1. The van der Waals surface area contributed by atoms with Crippen molar-refractivity contribution in [3.05, 3.63) is 24.0 Å². The fourth-order valence-electron chi connectivity index (χ4n) is 1.84. The van der Waals surface area contributed by atoms with E-state index in [2.05, 4.69) is 36.4 Å². The van der Waals surface area contributed by atoms with E-state index in [0.717, 1.165) is 25.1 Å². The van der Waals surface area contributed by atoms with Crippen LogP contribution in [-0.4, -0.2) is 24.0 Å². The molecule has 0 atom stereocenters. The summed E-state index contributed by atoms with van der Waals surface area (Å²) in [6.07, 6.45) is 7.93. The summed E-state index contributed by atoms with van der Waals surface area (Å²) in [5, 5.41) is 6.23. The van der Waals surface area contributed by atoms with Crippen molar-refractivity contribution in [2.45, 2.75) is 46.5 Å². The number of rotatable bonds is 9. The summed E-state index contributed by atoms with van der Waals surface area (Å²) in [5.41, 5.74) is 1.53. The molecule has 4 heteroatoms. The zero-order chi connectivity index (χ0) is 14.8. The third-order valence-corrected chi connectivity index (χ3v) is 3.12. The maximum atomic E-state index is 12.0. The van der Waals surface area contributed by atoms with Crippen LogP contribution in [0.5, 0.6) is 0 Å². The molecule has 1 rings (SSSR count). The third-order valence-electron chi connectivity index (χ3n) is 3.12. The third kappa shape index (κ3) is 6.55. The van der Waals surface area contributed by atoms with Crippen LogP contribution >= 0.6 is 0 Å². The van der Waals surface area contributed by atoms with E-state index in [1.165, 1.54) is 12.8 Å². The molecular formula is C16H27N3O. The molecule has 0 spiro atoms.